The van der Waals surface area contributed by atoms with Crippen molar-refractivity contribution in [1.29, 1.82) is 0 Å². The molecule has 0 spiro atoms. The van der Waals surface area contributed by atoms with E-state index in [9.17, 15) is 0 Å². The van der Waals surface area contributed by atoms with Crippen LogP contribution in [0.2, 0.25) is 0 Å². The first kappa shape index (κ1) is 12.4. The summed E-state index contributed by atoms with van der Waals surface area (Å²) in [5, 5.41) is 3.32. The molecule has 0 saturated carbocycles. The van der Waals surface area contributed by atoms with Crippen molar-refractivity contribution in [2.75, 3.05) is 20.3 Å². The van der Waals surface area contributed by atoms with Gasteiger partial charge in [0.05, 0.1) is 6.61 Å². The van der Waals surface area contributed by atoms with Gasteiger partial charge in [0.15, 0.2) is 0 Å². The van der Waals surface area contributed by atoms with Crippen LogP contribution >= 0.6 is 38.5 Å². The summed E-state index contributed by atoms with van der Waals surface area (Å²) >= 11 is 5.81. The van der Waals surface area contributed by atoms with Crippen LogP contribution in [-0.4, -0.2) is 20.3 Å². The van der Waals surface area contributed by atoms with Crippen LogP contribution in [0.25, 0.3) is 0 Å². The van der Waals surface area contributed by atoms with Gasteiger partial charge in [-0.3, -0.25) is 0 Å². The Morgan fingerprint density at radius 3 is 3.00 bits per heavy atom. The summed E-state index contributed by atoms with van der Waals surface area (Å²) in [6.07, 6.45) is 0. The third kappa shape index (κ3) is 4.25. The maximum absolute atomic E-state index is 4.96. The molecule has 0 radical (unpaired) electrons. The van der Waals surface area contributed by atoms with E-state index in [1.54, 1.807) is 7.11 Å². The van der Waals surface area contributed by atoms with Crippen molar-refractivity contribution in [3.63, 3.8) is 0 Å². The van der Waals surface area contributed by atoms with Crippen molar-refractivity contribution in [2.24, 2.45) is 0 Å². The molecule has 1 aromatic carbocycles. The molecule has 1 rings (SSSR count). The fraction of sp³-hybridized carbons (Fsp3) is 0.400. The first-order chi connectivity index (χ1) is 6.74. The molecule has 4 heteroatoms. The molecule has 0 aliphatic carbocycles. The number of nitrogens with one attached hydrogen (secondary N) is 1. The number of ether oxygens (including phenoxy) is 1. The lowest BCUT2D eigenvalue weighted by Gasteiger charge is -2.06. The summed E-state index contributed by atoms with van der Waals surface area (Å²) in [4.78, 5) is 0. The van der Waals surface area contributed by atoms with Crippen molar-refractivity contribution in [2.45, 2.75) is 6.54 Å². The number of halogens is 2. The molecule has 0 aliphatic heterocycles. The van der Waals surface area contributed by atoms with Gasteiger partial charge in [0.2, 0.25) is 0 Å². The van der Waals surface area contributed by atoms with Gasteiger partial charge >= 0.3 is 0 Å². The third-order valence-corrected chi connectivity index (χ3v) is 3.35. The number of rotatable bonds is 5. The van der Waals surface area contributed by atoms with Gasteiger partial charge in [-0.2, -0.15) is 0 Å². The molecule has 0 fully saturated rings. The Labute approximate surface area is 107 Å². The standard InChI is InChI=1S/C10H13BrINO/c1-14-5-4-13-7-8-6-9(11)2-3-10(8)12/h2-3,6,13H,4-5,7H2,1H3. The van der Waals surface area contributed by atoms with E-state index < -0.39 is 0 Å². The zero-order valence-corrected chi connectivity index (χ0v) is 11.8. The largest absolute Gasteiger partial charge is 0.383 e. The highest BCUT2D eigenvalue weighted by Crippen LogP contribution is 2.17. The molecule has 1 N–H and O–H groups in total. The summed E-state index contributed by atoms with van der Waals surface area (Å²) in [5.41, 5.74) is 1.32. The van der Waals surface area contributed by atoms with Crippen molar-refractivity contribution < 1.29 is 4.74 Å². The summed E-state index contributed by atoms with van der Waals surface area (Å²) in [6, 6.07) is 6.31. The van der Waals surface area contributed by atoms with E-state index in [1.165, 1.54) is 9.13 Å². The minimum absolute atomic E-state index is 0.755. The number of hydrogen-bond acceptors (Lipinski definition) is 2. The smallest absolute Gasteiger partial charge is 0.0587 e. The fourth-order valence-electron chi connectivity index (χ4n) is 1.08. The van der Waals surface area contributed by atoms with E-state index in [2.05, 4.69) is 62.0 Å². The van der Waals surface area contributed by atoms with Crippen LogP contribution < -0.4 is 5.32 Å². The van der Waals surface area contributed by atoms with E-state index >= 15 is 0 Å². The second-order valence-corrected chi connectivity index (χ2v) is 4.98. The Kier molecular flexibility index (Phi) is 6.00. The van der Waals surface area contributed by atoms with Crippen LogP contribution in [0.5, 0.6) is 0 Å². The van der Waals surface area contributed by atoms with Crippen LogP contribution in [0.1, 0.15) is 5.56 Å². The predicted octanol–water partition coefficient (Wildman–Crippen LogP) is 2.79. The average molecular weight is 370 g/mol. The minimum atomic E-state index is 0.755. The highest BCUT2D eigenvalue weighted by Gasteiger charge is 1.99. The van der Waals surface area contributed by atoms with E-state index in [0.29, 0.717) is 0 Å². The molecule has 0 amide bonds. The third-order valence-electron chi connectivity index (χ3n) is 1.81. The Morgan fingerprint density at radius 2 is 2.29 bits per heavy atom. The monoisotopic (exact) mass is 369 g/mol. The average Bonchev–Trinajstić information content (AvgIpc) is 2.18. The highest BCUT2D eigenvalue weighted by atomic mass is 127. The molecule has 0 heterocycles. The van der Waals surface area contributed by atoms with E-state index in [-0.39, 0.29) is 0 Å². The van der Waals surface area contributed by atoms with Gasteiger partial charge in [0, 0.05) is 28.2 Å². The molecule has 0 unspecified atom stereocenters. The SMILES string of the molecule is COCCNCc1cc(Br)ccc1I. The second kappa shape index (κ2) is 6.76. The van der Waals surface area contributed by atoms with E-state index in [4.69, 9.17) is 4.74 Å². The molecule has 0 aliphatic rings. The van der Waals surface area contributed by atoms with Gasteiger partial charge < -0.3 is 10.1 Å². The molecular formula is C10H13BrINO. The Bertz CT molecular complexity index is 293. The summed E-state index contributed by atoms with van der Waals surface area (Å²) in [7, 11) is 1.71. The van der Waals surface area contributed by atoms with Crippen LogP contribution in [-0.2, 0) is 11.3 Å². The predicted molar refractivity (Wildman–Crippen MR) is 70.4 cm³/mol. The number of methoxy groups -OCH3 is 1. The molecule has 78 valence electrons. The van der Waals surface area contributed by atoms with E-state index in [0.717, 1.165) is 24.2 Å². The molecule has 2 nitrogen and oxygen atoms in total. The van der Waals surface area contributed by atoms with Crippen LogP contribution in [0, 0.1) is 3.57 Å². The quantitative estimate of drug-likeness (QED) is 0.636. The number of hydrogen-bond donors (Lipinski definition) is 1. The van der Waals surface area contributed by atoms with E-state index in [1.807, 2.05) is 0 Å². The number of benzene rings is 1. The van der Waals surface area contributed by atoms with Gasteiger partial charge in [-0.25, -0.2) is 0 Å². The van der Waals surface area contributed by atoms with Crippen LogP contribution in [0.4, 0.5) is 0 Å². The molecule has 0 atom stereocenters. The molecule has 0 aromatic heterocycles. The van der Waals surface area contributed by atoms with Gasteiger partial charge in [0.1, 0.15) is 0 Å². The lowest BCUT2D eigenvalue weighted by atomic mass is 10.2. The first-order valence-corrected chi connectivity index (χ1v) is 6.25. The van der Waals surface area contributed by atoms with Gasteiger partial charge in [-0.15, -0.1) is 0 Å². The molecule has 0 bridgehead atoms. The normalized spacial score (nSPS) is 10.5. The van der Waals surface area contributed by atoms with Crippen molar-refractivity contribution in [3.05, 3.63) is 31.8 Å². The molecule has 1 aromatic rings. The Hall–Kier alpha value is 0.350. The van der Waals surface area contributed by atoms with Gasteiger partial charge in [-0.05, 0) is 46.4 Å². The Morgan fingerprint density at radius 1 is 1.50 bits per heavy atom. The summed E-state index contributed by atoms with van der Waals surface area (Å²) < 4.78 is 7.37. The maximum Gasteiger partial charge on any atom is 0.0587 e. The first-order valence-electron chi connectivity index (χ1n) is 4.37. The van der Waals surface area contributed by atoms with Gasteiger partial charge in [-0.1, -0.05) is 15.9 Å². The molecule has 0 saturated heterocycles. The Balaban J connectivity index is 2.45. The van der Waals surface area contributed by atoms with Gasteiger partial charge in [0.25, 0.3) is 0 Å². The zero-order chi connectivity index (χ0) is 10.4. The van der Waals surface area contributed by atoms with Crippen molar-refractivity contribution in [1.82, 2.24) is 5.32 Å². The zero-order valence-electron chi connectivity index (χ0n) is 8.02. The second-order valence-electron chi connectivity index (χ2n) is 2.91. The fourth-order valence-corrected chi connectivity index (χ4v) is 2.01. The lowest BCUT2D eigenvalue weighted by molar-refractivity contribution is 0.199. The highest BCUT2D eigenvalue weighted by molar-refractivity contribution is 14.1. The summed E-state index contributed by atoms with van der Waals surface area (Å²) in [6.45, 7) is 2.53. The summed E-state index contributed by atoms with van der Waals surface area (Å²) in [5.74, 6) is 0. The topological polar surface area (TPSA) is 21.3 Å². The molecular weight excluding hydrogens is 357 g/mol. The van der Waals surface area contributed by atoms with Crippen molar-refractivity contribution in [3.8, 4) is 0 Å². The lowest BCUT2D eigenvalue weighted by Crippen LogP contribution is -2.19. The molecule has 14 heavy (non-hydrogen) atoms. The van der Waals surface area contributed by atoms with Crippen LogP contribution in [0.15, 0.2) is 22.7 Å². The minimum Gasteiger partial charge on any atom is -0.383 e. The van der Waals surface area contributed by atoms with Crippen molar-refractivity contribution >= 4 is 38.5 Å². The van der Waals surface area contributed by atoms with Crippen LogP contribution in [0.3, 0.4) is 0 Å². The maximum atomic E-state index is 4.96.